The summed E-state index contributed by atoms with van der Waals surface area (Å²) in [5.74, 6) is -0.00537. The summed E-state index contributed by atoms with van der Waals surface area (Å²) in [6, 6.07) is -1.06. The molecule has 1 N–H and O–H groups in total. The molecule has 0 atom stereocenters. The summed E-state index contributed by atoms with van der Waals surface area (Å²) in [5.41, 5.74) is 0. The zero-order valence-corrected chi connectivity index (χ0v) is 6.28. The van der Waals surface area contributed by atoms with E-state index in [4.69, 9.17) is 0 Å². The molecule has 0 aliphatic heterocycles. The second-order valence-electron chi connectivity index (χ2n) is 1.53. The summed E-state index contributed by atoms with van der Waals surface area (Å²) in [6.45, 7) is 0. The van der Waals surface area contributed by atoms with Crippen LogP contribution in [0.25, 0.3) is 0 Å². The lowest BCUT2D eigenvalue weighted by Crippen LogP contribution is -2.05. The van der Waals surface area contributed by atoms with Gasteiger partial charge < -0.3 is 4.52 Å². The molecule has 1 aromatic heterocycles. The van der Waals surface area contributed by atoms with Crippen molar-refractivity contribution in [1.82, 2.24) is 10.4 Å². The number of carbonyl (C=O) groups excluding carboxylic acids is 1. The maximum Gasteiger partial charge on any atom is 0.361 e. The first-order valence-electron chi connectivity index (χ1n) is 2.57. The minimum absolute atomic E-state index is 0.00537. The van der Waals surface area contributed by atoms with Crippen LogP contribution >= 0.6 is 0 Å². The molecule has 0 spiro atoms. The Hall–Kier alpha value is -1.77. The van der Waals surface area contributed by atoms with Crippen LogP contribution in [0.5, 0.6) is 0 Å². The molecule has 9 heteroatoms. The zero-order valence-electron chi connectivity index (χ0n) is 5.46. The lowest BCUT2D eigenvalue weighted by atomic mass is 10.7. The van der Waals surface area contributed by atoms with Gasteiger partial charge in [0.1, 0.15) is 0 Å². The van der Waals surface area contributed by atoms with Gasteiger partial charge in [-0.25, -0.2) is 4.79 Å². The van der Waals surface area contributed by atoms with Crippen LogP contribution < -0.4 is 5.32 Å². The standard InChI is InChI=1S/C3H2N4O4S/c8-3(6-12(9)10)4-2-1-11-7-5-2/h1H,(H,4,8). The van der Waals surface area contributed by atoms with E-state index in [1.807, 2.05) is 5.32 Å². The van der Waals surface area contributed by atoms with Crippen LogP contribution in [0, 0.1) is 0 Å². The number of hydrogen-bond acceptors (Lipinski definition) is 6. The highest BCUT2D eigenvalue weighted by molar-refractivity contribution is 7.62. The Balaban J connectivity index is 2.66. The van der Waals surface area contributed by atoms with Gasteiger partial charge in [-0.3, -0.25) is 5.32 Å². The monoisotopic (exact) mass is 190 g/mol. The number of nitrogens with one attached hydrogen (secondary N) is 1. The van der Waals surface area contributed by atoms with Crippen LogP contribution in [0.3, 0.4) is 0 Å². The van der Waals surface area contributed by atoms with Crippen LogP contribution in [0.1, 0.15) is 0 Å². The van der Waals surface area contributed by atoms with Gasteiger partial charge in [0.2, 0.25) is 0 Å². The van der Waals surface area contributed by atoms with Crippen molar-refractivity contribution in [3.05, 3.63) is 6.26 Å². The quantitative estimate of drug-likeness (QED) is 0.647. The number of hydrogen-bond donors (Lipinski definition) is 1. The summed E-state index contributed by atoms with van der Waals surface area (Å²) in [7, 11) is -2.77. The van der Waals surface area contributed by atoms with Gasteiger partial charge in [-0.1, -0.05) is 9.46 Å². The molecule has 0 bridgehead atoms. The van der Waals surface area contributed by atoms with Crippen molar-refractivity contribution in [3.8, 4) is 0 Å². The highest BCUT2D eigenvalue weighted by Crippen LogP contribution is 1.98. The van der Waals surface area contributed by atoms with Gasteiger partial charge in [0.15, 0.2) is 12.1 Å². The molecule has 0 fully saturated rings. The Morgan fingerprint density at radius 2 is 2.42 bits per heavy atom. The van der Waals surface area contributed by atoms with E-state index in [0.29, 0.717) is 0 Å². The van der Waals surface area contributed by atoms with Gasteiger partial charge in [0.05, 0.1) is 0 Å². The summed E-state index contributed by atoms with van der Waals surface area (Å²) in [5, 5.41) is 8.26. The normalized spacial score (nSPS) is 9.00. The van der Waals surface area contributed by atoms with Gasteiger partial charge >= 0.3 is 16.5 Å². The van der Waals surface area contributed by atoms with Gasteiger partial charge in [-0.05, 0) is 0 Å². The molecule has 0 aliphatic rings. The molecule has 0 radical (unpaired) electrons. The Labute approximate surface area is 67.3 Å². The lowest BCUT2D eigenvalue weighted by Gasteiger charge is -1.87. The van der Waals surface area contributed by atoms with Crippen molar-refractivity contribution in [2.75, 3.05) is 5.32 Å². The molecule has 0 unspecified atom stereocenters. The predicted molar refractivity (Wildman–Crippen MR) is 34.7 cm³/mol. The molecule has 1 aromatic rings. The van der Waals surface area contributed by atoms with E-state index in [9.17, 15) is 13.2 Å². The fourth-order valence-electron chi connectivity index (χ4n) is 0.419. The molecular formula is C3H2N4O4S. The van der Waals surface area contributed by atoms with E-state index < -0.39 is 16.5 Å². The third kappa shape index (κ3) is 2.46. The average Bonchev–Trinajstić information content (AvgIpc) is 2.37. The van der Waals surface area contributed by atoms with Gasteiger partial charge in [0.25, 0.3) is 0 Å². The number of carbonyl (C=O) groups is 1. The number of anilines is 1. The van der Waals surface area contributed by atoms with Crippen molar-refractivity contribution in [3.63, 3.8) is 0 Å². The number of nitrogens with zero attached hydrogens (tertiary/aromatic N) is 3. The van der Waals surface area contributed by atoms with Gasteiger partial charge in [0, 0.05) is 5.27 Å². The smallest absolute Gasteiger partial charge is 0.343 e. The Kier molecular flexibility index (Phi) is 2.48. The fraction of sp³-hybridized carbons (Fsp3) is 0. The molecule has 2 amide bonds. The van der Waals surface area contributed by atoms with Crippen LogP contribution in [0.4, 0.5) is 10.6 Å². The lowest BCUT2D eigenvalue weighted by molar-refractivity contribution is 0.260. The molecule has 64 valence electrons. The van der Waals surface area contributed by atoms with E-state index in [1.54, 1.807) is 0 Å². The van der Waals surface area contributed by atoms with Crippen LogP contribution in [0.15, 0.2) is 15.1 Å². The third-order valence-corrected chi connectivity index (χ3v) is 1.07. The van der Waals surface area contributed by atoms with Crippen molar-refractivity contribution in [2.24, 2.45) is 4.36 Å². The zero-order chi connectivity index (χ0) is 8.97. The first kappa shape index (κ1) is 8.33. The van der Waals surface area contributed by atoms with Gasteiger partial charge in [-0.15, -0.1) is 0 Å². The topological polar surface area (TPSA) is 115 Å². The van der Waals surface area contributed by atoms with E-state index in [0.717, 1.165) is 6.26 Å². The largest absolute Gasteiger partial charge is 0.361 e. The number of urea groups is 1. The fourth-order valence-corrected chi connectivity index (χ4v) is 0.600. The van der Waals surface area contributed by atoms with Crippen molar-refractivity contribution < 1.29 is 17.7 Å². The predicted octanol–water partition coefficient (Wildman–Crippen LogP) is -0.336. The maximum absolute atomic E-state index is 10.5. The first-order valence-corrected chi connectivity index (χ1v) is 3.61. The molecule has 1 rings (SSSR count). The Morgan fingerprint density at radius 3 is 2.92 bits per heavy atom. The summed E-state index contributed by atoms with van der Waals surface area (Å²) >= 11 is 0. The minimum Gasteiger partial charge on any atom is -0.343 e. The summed E-state index contributed by atoms with van der Waals surface area (Å²) < 4.78 is 26.6. The van der Waals surface area contributed by atoms with Crippen LogP contribution in [-0.4, -0.2) is 24.8 Å². The highest BCUT2D eigenvalue weighted by Gasteiger charge is 2.02. The van der Waals surface area contributed by atoms with E-state index >= 15 is 0 Å². The molecular weight excluding hydrogens is 188 g/mol. The molecule has 1 heterocycles. The second-order valence-corrected chi connectivity index (χ2v) is 2.15. The SMILES string of the molecule is O=C(N=S(=O)=O)Nc1conn1. The van der Waals surface area contributed by atoms with Crippen molar-refractivity contribution in [1.29, 1.82) is 0 Å². The number of amides is 2. The Morgan fingerprint density at radius 1 is 1.67 bits per heavy atom. The molecule has 8 nitrogen and oxygen atoms in total. The van der Waals surface area contributed by atoms with E-state index in [2.05, 4.69) is 19.3 Å². The highest BCUT2D eigenvalue weighted by atomic mass is 32.2. The first-order chi connectivity index (χ1) is 5.68. The van der Waals surface area contributed by atoms with Crippen molar-refractivity contribution >= 4 is 22.3 Å². The number of aromatic nitrogens is 2. The third-order valence-electron chi connectivity index (χ3n) is 0.752. The molecule has 0 saturated carbocycles. The molecule has 0 saturated heterocycles. The number of rotatable bonds is 1. The molecule has 12 heavy (non-hydrogen) atoms. The Bertz CT molecular complexity index is 384. The van der Waals surface area contributed by atoms with Crippen LogP contribution in [-0.2, 0) is 10.5 Å². The van der Waals surface area contributed by atoms with Crippen LogP contribution in [0.2, 0.25) is 0 Å². The van der Waals surface area contributed by atoms with Crippen molar-refractivity contribution in [2.45, 2.75) is 0 Å². The average molecular weight is 190 g/mol. The van der Waals surface area contributed by atoms with E-state index in [1.165, 1.54) is 0 Å². The summed E-state index contributed by atoms with van der Waals surface area (Å²) in [4.78, 5) is 10.5. The van der Waals surface area contributed by atoms with E-state index in [-0.39, 0.29) is 5.82 Å². The van der Waals surface area contributed by atoms with Gasteiger partial charge in [-0.2, -0.15) is 8.42 Å². The second kappa shape index (κ2) is 3.57. The minimum atomic E-state index is -2.77. The summed E-state index contributed by atoms with van der Waals surface area (Å²) in [6.07, 6.45) is 1.03. The molecule has 0 aliphatic carbocycles. The maximum atomic E-state index is 10.5. The molecule has 0 aromatic carbocycles.